The SMILES string of the molecule is CCOC(=O)c1cccnc1NC(=O)c1ccccc1OC. The normalized spacial score (nSPS) is 9.91. The Kier molecular flexibility index (Phi) is 5.08. The van der Waals surface area contributed by atoms with Gasteiger partial charge in [0.15, 0.2) is 0 Å². The highest BCUT2D eigenvalue weighted by Gasteiger charge is 2.18. The van der Waals surface area contributed by atoms with Gasteiger partial charge in [0.2, 0.25) is 0 Å². The Labute approximate surface area is 128 Å². The van der Waals surface area contributed by atoms with E-state index in [1.54, 1.807) is 43.3 Å². The number of ether oxygens (including phenoxy) is 2. The Morgan fingerprint density at radius 2 is 1.86 bits per heavy atom. The van der Waals surface area contributed by atoms with E-state index in [1.165, 1.54) is 13.3 Å². The minimum atomic E-state index is -0.536. The van der Waals surface area contributed by atoms with Gasteiger partial charge in [-0.25, -0.2) is 9.78 Å². The van der Waals surface area contributed by atoms with Crippen molar-refractivity contribution < 1.29 is 19.1 Å². The summed E-state index contributed by atoms with van der Waals surface area (Å²) in [7, 11) is 1.48. The average Bonchev–Trinajstić information content (AvgIpc) is 2.55. The summed E-state index contributed by atoms with van der Waals surface area (Å²) in [5.74, 6) is -0.363. The maximum atomic E-state index is 12.3. The summed E-state index contributed by atoms with van der Waals surface area (Å²) in [6.07, 6.45) is 1.49. The van der Waals surface area contributed by atoms with Crippen LogP contribution in [-0.4, -0.2) is 30.6 Å². The third-order valence-corrected chi connectivity index (χ3v) is 2.89. The molecule has 0 fully saturated rings. The third kappa shape index (κ3) is 3.41. The van der Waals surface area contributed by atoms with Crippen molar-refractivity contribution in [1.82, 2.24) is 4.98 Å². The fourth-order valence-electron chi connectivity index (χ4n) is 1.89. The van der Waals surface area contributed by atoms with Crippen LogP contribution in [0.1, 0.15) is 27.6 Å². The van der Waals surface area contributed by atoms with E-state index in [1.807, 2.05) is 0 Å². The molecule has 0 spiro atoms. The maximum absolute atomic E-state index is 12.3. The molecular weight excluding hydrogens is 284 g/mol. The van der Waals surface area contributed by atoms with Crippen LogP contribution < -0.4 is 10.1 Å². The van der Waals surface area contributed by atoms with E-state index in [2.05, 4.69) is 10.3 Å². The van der Waals surface area contributed by atoms with E-state index in [0.717, 1.165) is 0 Å². The van der Waals surface area contributed by atoms with Crippen molar-refractivity contribution in [2.45, 2.75) is 6.92 Å². The second-order valence-corrected chi connectivity index (χ2v) is 4.27. The summed E-state index contributed by atoms with van der Waals surface area (Å²) in [6.45, 7) is 1.95. The van der Waals surface area contributed by atoms with E-state index in [0.29, 0.717) is 11.3 Å². The van der Waals surface area contributed by atoms with E-state index < -0.39 is 11.9 Å². The zero-order chi connectivity index (χ0) is 15.9. The molecule has 6 heteroatoms. The number of methoxy groups -OCH3 is 1. The third-order valence-electron chi connectivity index (χ3n) is 2.89. The summed E-state index contributed by atoms with van der Waals surface area (Å²) in [5.41, 5.74) is 0.554. The fourth-order valence-corrected chi connectivity index (χ4v) is 1.89. The Morgan fingerprint density at radius 3 is 2.59 bits per heavy atom. The van der Waals surface area contributed by atoms with Gasteiger partial charge in [-0.3, -0.25) is 4.79 Å². The number of hydrogen-bond donors (Lipinski definition) is 1. The van der Waals surface area contributed by atoms with Crippen molar-refractivity contribution >= 4 is 17.7 Å². The van der Waals surface area contributed by atoms with Crippen molar-refractivity contribution in [3.8, 4) is 5.75 Å². The number of para-hydroxylation sites is 1. The number of pyridine rings is 1. The molecule has 0 saturated heterocycles. The number of carbonyl (C=O) groups is 2. The minimum Gasteiger partial charge on any atom is -0.496 e. The van der Waals surface area contributed by atoms with Gasteiger partial charge in [0.25, 0.3) is 5.91 Å². The number of carbonyl (C=O) groups excluding carboxylic acids is 2. The van der Waals surface area contributed by atoms with Crippen molar-refractivity contribution in [1.29, 1.82) is 0 Å². The van der Waals surface area contributed by atoms with Crippen LogP contribution in [0.5, 0.6) is 5.75 Å². The molecule has 0 saturated carbocycles. The zero-order valence-corrected chi connectivity index (χ0v) is 12.3. The maximum Gasteiger partial charge on any atom is 0.341 e. The van der Waals surface area contributed by atoms with Crippen LogP contribution in [0.25, 0.3) is 0 Å². The highest BCUT2D eigenvalue weighted by molar-refractivity contribution is 6.08. The van der Waals surface area contributed by atoms with Crippen molar-refractivity contribution in [2.24, 2.45) is 0 Å². The Morgan fingerprint density at radius 1 is 1.14 bits per heavy atom. The number of nitrogens with one attached hydrogen (secondary N) is 1. The van der Waals surface area contributed by atoms with Gasteiger partial charge in [-0.15, -0.1) is 0 Å². The van der Waals surface area contributed by atoms with Gasteiger partial charge in [0.05, 0.1) is 19.3 Å². The topological polar surface area (TPSA) is 77.5 Å². The number of aromatic nitrogens is 1. The second kappa shape index (κ2) is 7.21. The molecule has 1 aromatic heterocycles. The average molecular weight is 300 g/mol. The van der Waals surface area contributed by atoms with E-state index >= 15 is 0 Å². The molecule has 114 valence electrons. The van der Waals surface area contributed by atoms with Crippen LogP contribution in [0.3, 0.4) is 0 Å². The first-order valence-corrected chi connectivity index (χ1v) is 6.74. The smallest absolute Gasteiger partial charge is 0.341 e. The summed E-state index contributed by atoms with van der Waals surface area (Å²) in [4.78, 5) is 28.2. The summed E-state index contributed by atoms with van der Waals surface area (Å²) in [6, 6.07) is 9.94. The lowest BCUT2D eigenvalue weighted by atomic mass is 10.2. The quantitative estimate of drug-likeness (QED) is 0.858. The first-order chi connectivity index (χ1) is 10.7. The second-order valence-electron chi connectivity index (χ2n) is 4.27. The highest BCUT2D eigenvalue weighted by Crippen LogP contribution is 2.20. The zero-order valence-electron chi connectivity index (χ0n) is 12.3. The number of amides is 1. The van der Waals surface area contributed by atoms with Gasteiger partial charge in [0.1, 0.15) is 17.1 Å². The van der Waals surface area contributed by atoms with Gasteiger partial charge >= 0.3 is 5.97 Å². The number of rotatable bonds is 5. The molecule has 6 nitrogen and oxygen atoms in total. The minimum absolute atomic E-state index is 0.150. The van der Waals surface area contributed by atoms with E-state index in [9.17, 15) is 9.59 Å². The molecular formula is C16H16N2O4. The lowest BCUT2D eigenvalue weighted by Crippen LogP contribution is -2.17. The van der Waals surface area contributed by atoms with Crippen LogP contribution in [0, 0.1) is 0 Å². The Hall–Kier alpha value is -2.89. The molecule has 1 heterocycles. The molecule has 0 aliphatic rings. The van der Waals surface area contributed by atoms with Crippen molar-refractivity contribution in [2.75, 3.05) is 19.0 Å². The Balaban J connectivity index is 2.27. The highest BCUT2D eigenvalue weighted by atomic mass is 16.5. The molecule has 2 rings (SSSR count). The molecule has 22 heavy (non-hydrogen) atoms. The van der Waals surface area contributed by atoms with E-state index in [4.69, 9.17) is 9.47 Å². The summed E-state index contributed by atoms with van der Waals surface area (Å²) >= 11 is 0. The molecule has 0 radical (unpaired) electrons. The lowest BCUT2D eigenvalue weighted by Gasteiger charge is -2.11. The first kappa shape index (κ1) is 15.5. The molecule has 1 N–H and O–H groups in total. The summed E-state index contributed by atoms with van der Waals surface area (Å²) in [5, 5.41) is 2.61. The van der Waals surface area contributed by atoms with Gasteiger partial charge in [-0.1, -0.05) is 12.1 Å². The van der Waals surface area contributed by atoms with Crippen molar-refractivity contribution in [3.05, 3.63) is 53.7 Å². The van der Waals surface area contributed by atoms with E-state index in [-0.39, 0.29) is 18.0 Å². The van der Waals surface area contributed by atoms with Gasteiger partial charge < -0.3 is 14.8 Å². The van der Waals surface area contributed by atoms with Crippen LogP contribution in [0.15, 0.2) is 42.6 Å². The fraction of sp³-hybridized carbons (Fsp3) is 0.188. The number of nitrogens with zero attached hydrogens (tertiary/aromatic N) is 1. The molecule has 0 aliphatic carbocycles. The first-order valence-electron chi connectivity index (χ1n) is 6.74. The standard InChI is InChI=1S/C16H16N2O4/c1-3-22-16(20)12-8-6-10-17-14(12)18-15(19)11-7-4-5-9-13(11)21-2/h4-10H,3H2,1-2H3,(H,17,18,19). The molecule has 2 aromatic rings. The van der Waals surface area contributed by atoms with Gasteiger partial charge in [-0.2, -0.15) is 0 Å². The van der Waals surface area contributed by atoms with Gasteiger partial charge in [-0.05, 0) is 31.2 Å². The Bertz CT molecular complexity index is 685. The van der Waals surface area contributed by atoms with Crippen LogP contribution in [-0.2, 0) is 4.74 Å². The number of anilines is 1. The number of esters is 1. The molecule has 1 aromatic carbocycles. The van der Waals surface area contributed by atoms with Crippen LogP contribution >= 0.6 is 0 Å². The number of benzene rings is 1. The predicted octanol–water partition coefficient (Wildman–Crippen LogP) is 2.52. The molecule has 0 aliphatic heterocycles. The molecule has 0 bridgehead atoms. The monoisotopic (exact) mass is 300 g/mol. The lowest BCUT2D eigenvalue weighted by molar-refractivity contribution is 0.0527. The van der Waals surface area contributed by atoms with Crippen LogP contribution in [0.2, 0.25) is 0 Å². The largest absolute Gasteiger partial charge is 0.496 e. The number of hydrogen-bond acceptors (Lipinski definition) is 5. The molecule has 0 atom stereocenters. The predicted molar refractivity (Wildman–Crippen MR) is 81.1 cm³/mol. The van der Waals surface area contributed by atoms with Crippen molar-refractivity contribution in [3.63, 3.8) is 0 Å². The molecule has 0 unspecified atom stereocenters. The van der Waals surface area contributed by atoms with Gasteiger partial charge in [0, 0.05) is 6.20 Å². The molecule has 1 amide bonds. The summed E-state index contributed by atoms with van der Waals surface area (Å²) < 4.78 is 10.1. The van der Waals surface area contributed by atoms with Crippen LogP contribution in [0.4, 0.5) is 5.82 Å².